The Kier molecular flexibility index (Phi) is 14.2. The topological polar surface area (TPSA) is 0 Å². The summed E-state index contributed by atoms with van der Waals surface area (Å²) in [5, 5.41) is 0. The molecule has 0 aromatic carbocycles. The van der Waals surface area contributed by atoms with Gasteiger partial charge in [0, 0.05) is 0 Å². The van der Waals surface area contributed by atoms with Crippen LogP contribution in [-0.2, 0) is 0 Å². The van der Waals surface area contributed by atoms with Gasteiger partial charge in [0.1, 0.15) is 0 Å². The van der Waals surface area contributed by atoms with Gasteiger partial charge < -0.3 is 16.9 Å². The number of halogens is 2. The molecule has 0 rings (SSSR count). The van der Waals surface area contributed by atoms with Crippen molar-refractivity contribution in [3.8, 4) is 0 Å². The van der Waals surface area contributed by atoms with Gasteiger partial charge in [0.2, 0.25) is 0 Å². The maximum Gasteiger partial charge on any atom is 0.154 e. The second kappa shape index (κ2) is 12.0. The molecule has 0 aliphatic heterocycles. The summed E-state index contributed by atoms with van der Waals surface area (Å²) in [5.41, 5.74) is 0. The van der Waals surface area contributed by atoms with Crippen LogP contribution >= 0.6 is 11.6 Å². The van der Waals surface area contributed by atoms with E-state index in [4.69, 9.17) is 11.6 Å². The molecule has 0 aliphatic carbocycles. The van der Waals surface area contributed by atoms with E-state index in [-0.39, 0.29) is 12.4 Å². The van der Waals surface area contributed by atoms with Gasteiger partial charge in [-0.1, -0.05) is 44.7 Å². The number of unbranched alkanes of at least 4 members (excludes halogenated alkanes) is 5. The van der Waals surface area contributed by atoms with E-state index in [1.54, 1.807) is 0 Å². The van der Waals surface area contributed by atoms with Crippen LogP contribution in [0.1, 0.15) is 58.8 Å². The summed E-state index contributed by atoms with van der Waals surface area (Å²) in [6.45, 7) is 7.03. The molecule has 1 unspecified atom stereocenters. The minimum atomic E-state index is 0. The molecule has 16 heavy (non-hydrogen) atoms. The third-order valence-electron chi connectivity index (χ3n) is 3.14. The molecule has 0 amide bonds. The third kappa shape index (κ3) is 9.74. The Hall–Kier alpha value is 0.540. The summed E-state index contributed by atoms with van der Waals surface area (Å²) in [6.07, 6.45) is 9.38. The molecule has 1 nitrogen and oxygen atoms in total. The summed E-state index contributed by atoms with van der Waals surface area (Å²) < 4.78 is 1.06. The maximum absolute atomic E-state index is 6.07. The Morgan fingerprint density at radius 3 is 1.69 bits per heavy atom. The lowest BCUT2D eigenvalue weighted by molar-refractivity contribution is -0.899. The minimum absolute atomic E-state index is 0. The molecular weight excluding hydrogens is 241 g/mol. The van der Waals surface area contributed by atoms with E-state index in [0.717, 1.165) is 10.5 Å². The molecule has 0 N–H and O–H groups in total. The van der Waals surface area contributed by atoms with Gasteiger partial charge in [-0.05, 0) is 25.7 Å². The lowest BCUT2D eigenvalue weighted by atomic mass is 10.1. The van der Waals surface area contributed by atoms with Gasteiger partial charge in [-0.3, -0.25) is 0 Å². The van der Waals surface area contributed by atoms with Crippen LogP contribution in [0.2, 0.25) is 0 Å². The van der Waals surface area contributed by atoms with Gasteiger partial charge in [0.15, 0.2) is 6.00 Å². The quantitative estimate of drug-likeness (QED) is 0.244. The van der Waals surface area contributed by atoms with E-state index in [9.17, 15) is 0 Å². The molecule has 0 aromatic heterocycles. The molecule has 3 heteroatoms. The van der Waals surface area contributed by atoms with Crippen LogP contribution in [-0.4, -0.2) is 30.6 Å². The summed E-state index contributed by atoms with van der Waals surface area (Å²) >= 11 is 6.07. The average Bonchev–Trinajstić information content (AvgIpc) is 2.25. The Morgan fingerprint density at radius 2 is 1.25 bits per heavy atom. The van der Waals surface area contributed by atoms with Crippen LogP contribution in [0.3, 0.4) is 0 Å². The molecule has 100 valence electrons. The lowest BCUT2D eigenvalue weighted by Gasteiger charge is -2.32. The van der Waals surface area contributed by atoms with Gasteiger partial charge in [0.05, 0.1) is 20.1 Å². The molecule has 0 bridgehead atoms. The number of rotatable bonds is 10. The van der Waals surface area contributed by atoms with Crippen molar-refractivity contribution < 1.29 is 16.9 Å². The normalized spacial score (nSPS) is 14.2. The standard InChI is InChI=1S/C13H29ClN.ClH/c1-4-6-8-10-12-15(3,13-14)11-9-7-5-2;/h4-13H2,1-3H3;1H/q+1;/p-1. The van der Waals surface area contributed by atoms with Crippen LogP contribution in [0.15, 0.2) is 0 Å². The van der Waals surface area contributed by atoms with Crippen LogP contribution in [0.25, 0.3) is 0 Å². The molecule has 0 aliphatic rings. The van der Waals surface area contributed by atoms with Crippen molar-refractivity contribution in [1.82, 2.24) is 0 Å². The zero-order valence-electron chi connectivity index (χ0n) is 11.3. The van der Waals surface area contributed by atoms with E-state index in [0.29, 0.717) is 0 Å². The minimum Gasteiger partial charge on any atom is -1.00 e. The smallest absolute Gasteiger partial charge is 0.154 e. The maximum atomic E-state index is 6.07. The van der Waals surface area contributed by atoms with Crippen molar-refractivity contribution >= 4 is 11.6 Å². The highest BCUT2D eigenvalue weighted by Gasteiger charge is 2.18. The lowest BCUT2D eigenvalue weighted by Crippen LogP contribution is -3.00. The number of hydrogen-bond donors (Lipinski definition) is 0. The third-order valence-corrected chi connectivity index (χ3v) is 3.72. The van der Waals surface area contributed by atoms with E-state index < -0.39 is 0 Å². The Labute approximate surface area is 114 Å². The van der Waals surface area contributed by atoms with Crippen LogP contribution in [0.5, 0.6) is 0 Å². The summed E-state index contributed by atoms with van der Waals surface area (Å²) in [5.74, 6) is 0. The van der Waals surface area contributed by atoms with Crippen molar-refractivity contribution in [3.63, 3.8) is 0 Å². The fraction of sp³-hybridized carbons (Fsp3) is 1.00. The molecule has 0 spiro atoms. The van der Waals surface area contributed by atoms with Crippen LogP contribution in [0.4, 0.5) is 0 Å². The van der Waals surface area contributed by atoms with Crippen molar-refractivity contribution in [2.45, 2.75) is 58.8 Å². The average molecular weight is 270 g/mol. The first kappa shape index (κ1) is 18.9. The molecule has 0 aromatic rings. The molecular formula is C13H29Cl2N. The van der Waals surface area contributed by atoms with Crippen LogP contribution in [0, 0.1) is 0 Å². The molecule has 0 saturated heterocycles. The van der Waals surface area contributed by atoms with Crippen molar-refractivity contribution in [1.29, 1.82) is 0 Å². The van der Waals surface area contributed by atoms with Crippen LogP contribution < -0.4 is 12.4 Å². The van der Waals surface area contributed by atoms with E-state index in [1.807, 2.05) is 0 Å². The Bertz CT molecular complexity index is 142. The predicted molar refractivity (Wildman–Crippen MR) is 70.3 cm³/mol. The summed E-state index contributed by atoms with van der Waals surface area (Å²) in [6, 6.07) is 0.774. The second-order valence-electron chi connectivity index (χ2n) is 4.95. The number of alkyl halides is 1. The van der Waals surface area contributed by atoms with Gasteiger partial charge in [-0.2, -0.15) is 0 Å². The van der Waals surface area contributed by atoms with Crippen molar-refractivity contribution in [3.05, 3.63) is 0 Å². The number of hydrogen-bond acceptors (Lipinski definition) is 0. The van der Waals surface area contributed by atoms with E-state index >= 15 is 0 Å². The van der Waals surface area contributed by atoms with E-state index in [1.165, 1.54) is 58.0 Å². The number of nitrogens with zero attached hydrogens (tertiary/aromatic N) is 1. The highest BCUT2D eigenvalue weighted by Crippen LogP contribution is 2.12. The first-order chi connectivity index (χ1) is 7.18. The molecule has 1 atom stereocenters. The monoisotopic (exact) mass is 269 g/mol. The van der Waals surface area contributed by atoms with Gasteiger partial charge in [-0.25, -0.2) is 0 Å². The van der Waals surface area contributed by atoms with Gasteiger partial charge >= 0.3 is 0 Å². The zero-order chi connectivity index (χ0) is 11.6. The highest BCUT2D eigenvalue weighted by atomic mass is 35.5. The first-order valence-corrected chi connectivity index (χ1v) is 7.11. The van der Waals surface area contributed by atoms with Gasteiger partial charge in [-0.15, -0.1) is 0 Å². The zero-order valence-corrected chi connectivity index (χ0v) is 12.8. The number of quaternary nitrogens is 1. The second-order valence-corrected chi connectivity index (χ2v) is 5.19. The Balaban J connectivity index is 0. The molecule has 0 radical (unpaired) electrons. The predicted octanol–water partition coefficient (Wildman–Crippen LogP) is 1.40. The fourth-order valence-electron chi connectivity index (χ4n) is 1.90. The van der Waals surface area contributed by atoms with Crippen molar-refractivity contribution in [2.24, 2.45) is 0 Å². The molecule has 0 heterocycles. The summed E-state index contributed by atoms with van der Waals surface area (Å²) in [7, 11) is 2.30. The largest absolute Gasteiger partial charge is 1.00 e. The fourth-order valence-corrected chi connectivity index (χ4v) is 2.13. The first-order valence-electron chi connectivity index (χ1n) is 6.58. The molecule has 0 saturated carbocycles. The SMILES string of the molecule is CCCCCC[N+](C)(CCl)CCCCC.[Cl-]. The highest BCUT2D eigenvalue weighted by molar-refractivity contribution is 6.16. The summed E-state index contributed by atoms with van der Waals surface area (Å²) in [4.78, 5) is 0. The van der Waals surface area contributed by atoms with E-state index in [2.05, 4.69) is 20.9 Å². The van der Waals surface area contributed by atoms with Gasteiger partial charge in [0.25, 0.3) is 0 Å². The molecule has 0 fully saturated rings. The Morgan fingerprint density at radius 1 is 0.812 bits per heavy atom. The van der Waals surface area contributed by atoms with Crippen molar-refractivity contribution in [2.75, 3.05) is 26.1 Å².